The Hall–Kier alpha value is -5.08. The molecule has 8 nitrogen and oxygen atoms in total. The first-order chi connectivity index (χ1) is 23.6. The molecule has 0 radical (unpaired) electrons. The van der Waals surface area contributed by atoms with Gasteiger partial charge in [0.1, 0.15) is 36.2 Å². The predicted molar refractivity (Wildman–Crippen MR) is 184 cm³/mol. The SMILES string of the molecule is C1CCOC1.CCOC(=O)/C=C1\CCOc2cc(OCc3ccccc3)ccc21.O=C1CCOc2cc(OCc3ccccc3)ccc21. The van der Waals surface area contributed by atoms with Crippen molar-refractivity contribution in [3.63, 3.8) is 0 Å². The van der Waals surface area contributed by atoms with Crippen LogP contribution in [0.4, 0.5) is 0 Å². The fourth-order valence-electron chi connectivity index (χ4n) is 5.18. The minimum absolute atomic E-state index is 0.135. The van der Waals surface area contributed by atoms with Gasteiger partial charge in [-0.25, -0.2) is 4.79 Å². The smallest absolute Gasteiger partial charge is 0.331 e. The van der Waals surface area contributed by atoms with E-state index in [9.17, 15) is 9.59 Å². The van der Waals surface area contributed by atoms with Gasteiger partial charge in [0, 0.05) is 49.8 Å². The molecule has 0 spiro atoms. The van der Waals surface area contributed by atoms with Crippen LogP contribution in [0.3, 0.4) is 0 Å². The van der Waals surface area contributed by atoms with Gasteiger partial charge in [-0.15, -0.1) is 0 Å². The predicted octanol–water partition coefficient (Wildman–Crippen LogP) is 8.02. The van der Waals surface area contributed by atoms with Crippen LogP contribution in [-0.2, 0) is 27.5 Å². The third-order valence-electron chi connectivity index (χ3n) is 7.67. The molecule has 3 aliphatic rings. The molecular weight excluding hydrogens is 608 g/mol. The number of ether oxygens (including phenoxy) is 6. The number of hydrogen-bond acceptors (Lipinski definition) is 8. The van der Waals surface area contributed by atoms with E-state index in [-0.39, 0.29) is 11.8 Å². The molecule has 0 bridgehead atoms. The van der Waals surface area contributed by atoms with E-state index < -0.39 is 0 Å². The highest BCUT2D eigenvalue weighted by Gasteiger charge is 2.19. The van der Waals surface area contributed by atoms with Crippen LogP contribution in [0, 0.1) is 0 Å². The molecule has 0 aromatic heterocycles. The maximum Gasteiger partial charge on any atom is 0.331 e. The lowest BCUT2D eigenvalue weighted by atomic mass is 9.99. The first kappa shape index (κ1) is 34.3. The number of esters is 1. The van der Waals surface area contributed by atoms with E-state index >= 15 is 0 Å². The van der Waals surface area contributed by atoms with Gasteiger partial charge in [-0.3, -0.25) is 4.79 Å². The summed E-state index contributed by atoms with van der Waals surface area (Å²) in [6, 6.07) is 31.0. The van der Waals surface area contributed by atoms with Crippen molar-refractivity contribution in [1.29, 1.82) is 0 Å². The fraction of sp³-hybridized carbons (Fsp3) is 0.300. The Morgan fingerprint density at radius 2 is 1.23 bits per heavy atom. The van der Waals surface area contributed by atoms with Crippen molar-refractivity contribution in [1.82, 2.24) is 0 Å². The zero-order valence-corrected chi connectivity index (χ0v) is 27.4. The van der Waals surface area contributed by atoms with Crippen LogP contribution in [-0.4, -0.2) is 44.8 Å². The minimum Gasteiger partial charge on any atom is -0.492 e. The van der Waals surface area contributed by atoms with Crippen molar-refractivity contribution in [2.45, 2.75) is 45.8 Å². The van der Waals surface area contributed by atoms with Crippen LogP contribution in [0.2, 0.25) is 0 Å². The van der Waals surface area contributed by atoms with Crippen LogP contribution in [0.1, 0.15) is 59.7 Å². The number of carbonyl (C=O) groups is 2. The van der Waals surface area contributed by atoms with E-state index in [0.717, 1.165) is 52.7 Å². The van der Waals surface area contributed by atoms with Crippen molar-refractivity contribution < 1.29 is 38.0 Å². The fourth-order valence-corrected chi connectivity index (χ4v) is 5.18. The minimum atomic E-state index is -0.315. The second kappa shape index (κ2) is 18.3. The van der Waals surface area contributed by atoms with Gasteiger partial charge < -0.3 is 28.4 Å². The third-order valence-corrected chi connectivity index (χ3v) is 7.67. The average molecular weight is 651 g/mol. The van der Waals surface area contributed by atoms with Gasteiger partial charge in [0.05, 0.1) is 25.4 Å². The summed E-state index contributed by atoms with van der Waals surface area (Å²) in [6.07, 6.45) is 5.25. The number of carbonyl (C=O) groups excluding carboxylic acids is 2. The highest BCUT2D eigenvalue weighted by atomic mass is 16.5. The van der Waals surface area contributed by atoms with Gasteiger partial charge in [0.15, 0.2) is 5.78 Å². The Balaban J connectivity index is 0.000000167. The summed E-state index contributed by atoms with van der Waals surface area (Å²) in [6.45, 7) is 6.18. The number of ketones is 1. The molecule has 3 heterocycles. The number of fused-ring (bicyclic) bond motifs is 2. The molecule has 0 saturated carbocycles. The van der Waals surface area contributed by atoms with Gasteiger partial charge in [-0.2, -0.15) is 0 Å². The summed E-state index contributed by atoms with van der Waals surface area (Å²) in [5.41, 5.74) is 4.72. The molecule has 0 aliphatic carbocycles. The van der Waals surface area contributed by atoms with Crippen molar-refractivity contribution in [3.8, 4) is 23.0 Å². The van der Waals surface area contributed by atoms with Crippen LogP contribution in [0.15, 0.2) is 103 Å². The zero-order chi connectivity index (χ0) is 33.4. The van der Waals surface area contributed by atoms with Crippen molar-refractivity contribution in [2.24, 2.45) is 0 Å². The number of rotatable bonds is 8. The van der Waals surface area contributed by atoms with E-state index in [1.165, 1.54) is 12.8 Å². The molecule has 3 aliphatic heterocycles. The van der Waals surface area contributed by atoms with Gasteiger partial charge in [0.25, 0.3) is 0 Å². The van der Waals surface area contributed by atoms with Crippen molar-refractivity contribution >= 4 is 17.3 Å². The molecular formula is C40H42O8. The molecule has 7 rings (SSSR count). The Labute approximate surface area is 282 Å². The van der Waals surface area contributed by atoms with Gasteiger partial charge in [0.2, 0.25) is 0 Å². The lowest BCUT2D eigenvalue weighted by Crippen LogP contribution is -2.15. The van der Waals surface area contributed by atoms with E-state index in [2.05, 4.69) is 0 Å². The highest BCUT2D eigenvalue weighted by molar-refractivity contribution is 5.99. The van der Waals surface area contributed by atoms with Crippen LogP contribution >= 0.6 is 0 Å². The van der Waals surface area contributed by atoms with E-state index in [4.69, 9.17) is 28.4 Å². The Bertz CT molecular complexity index is 1640. The molecule has 48 heavy (non-hydrogen) atoms. The average Bonchev–Trinajstić information content (AvgIpc) is 3.72. The molecule has 1 fully saturated rings. The number of benzene rings is 4. The first-order valence-electron chi connectivity index (χ1n) is 16.4. The topological polar surface area (TPSA) is 89.5 Å². The van der Waals surface area contributed by atoms with Crippen molar-refractivity contribution in [2.75, 3.05) is 33.0 Å². The molecule has 0 atom stereocenters. The van der Waals surface area contributed by atoms with Crippen LogP contribution < -0.4 is 18.9 Å². The van der Waals surface area contributed by atoms with Gasteiger partial charge in [-0.1, -0.05) is 60.7 Å². The number of hydrogen-bond donors (Lipinski definition) is 0. The summed E-state index contributed by atoms with van der Waals surface area (Å²) in [5.74, 6) is 2.65. The van der Waals surface area contributed by atoms with Crippen LogP contribution in [0.5, 0.6) is 23.0 Å². The Morgan fingerprint density at radius 3 is 1.77 bits per heavy atom. The first-order valence-corrected chi connectivity index (χ1v) is 16.4. The quantitative estimate of drug-likeness (QED) is 0.140. The molecule has 4 aromatic rings. The highest BCUT2D eigenvalue weighted by Crippen LogP contribution is 2.36. The van der Waals surface area contributed by atoms with E-state index in [1.807, 2.05) is 84.9 Å². The summed E-state index contributed by atoms with van der Waals surface area (Å²) < 4.78 is 32.7. The zero-order valence-electron chi connectivity index (χ0n) is 27.4. The Morgan fingerprint density at radius 1 is 0.688 bits per heavy atom. The second-order valence-corrected chi connectivity index (χ2v) is 11.2. The molecule has 1 saturated heterocycles. The summed E-state index contributed by atoms with van der Waals surface area (Å²) in [7, 11) is 0. The lowest BCUT2D eigenvalue weighted by Gasteiger charge is -2.21. The summed E-state index contributed by atoms with van der Waals surface area (Å²) in [4.78, 5) is 23.3. The molecule has 4 aromatic carbocycles. The molecule has 250 valence electrons. The second-order valence-electron chi connectivity index (χ2n) is 11.2. The standard InChI is InChI=1S/C20H20O4.C16H14O3.C4H8O/c1-2-22-20(21)12-16-10-11-23-19-13-17(8-9-18(16)19)24-14-15-6-4-3-5-7-15;17-15-8-9-18-16-10-13(6-7-14(15)16)19-11-12-4-2-1-3-5-12;1-2-4-5-3-1/h3-9,12-13H,2,10-11,14H2,1H3;1-7,10H,8-9,11H2;1-4H2/b16-12+;;. The molecule has 0 N–H and O–H groups in total. The molecule has 8 heteroatoms. The monoisotopic (exact) mass is 650 g/mol. The summed E-state index contributed by atoms with van der Waals surface area (Å²) in [5, 5.41) is 0. The number of Topliss-reactive ketones (excluding diaryl/α,β-unsaturated/α-hetero) is 1. The normalized spacial score (nSPS) is 15.2. The molecule has 0 unspecified atom stereocenters. The summed E-state index contributed by atoms with van der Waals surface area (Å²) >= 11 is 0. The van der Waals surface area contributed by atoms with Gasteiger partial charge in [-0.05, 0) is 60.7 Å². The van der Waals surface area contributed by atoms with Crippen LogP contribution in [0.25, 0.3) is 5.57 Å². The Kier molecular flexibility index (Phi) is 13.1. The van der Waals surface area contributed by atoms with E-state index in [0.29, 0.717) is 57.2 Å². The maximum atomic E-state index is 11.7. The van der Waals surface area contributed by atoms with E-state index in [1.54, 1.807) is 25.1 Å². The largest absolute Gasteiger partial charge is 0.492 e. The van der Waals surface area contributed by atoms with Crippen molar-refractivity contribution in [3.05, 3.63) is 125 Å². The van der Waals surface area contributed by atoms with Gasteiger partial charge >= 0.3 is 5.97 Å². The third kappa shape index (κ3) is 10.5. The maximum absolute atomic E-state index is 11.7. The lowest BCUT2D eigenvalue weighted by molar-refractivity contribution is -0.137. The molecule has 0 amide bonds.